The van der Waals surface area contributed by atoms with Crippen LogP contribution in [0.2, 0.25) is 0 Å². The number of amides is 5. The maximum absolute atomic E-state index is 13.3. The lowest BCUT2D eigenvalue weighted by Crippen LogP contribution is -2.71. The van der Waals surface area contributed by atoms with E-state index in [1.807, 2.05) is 0 Å². The molecule has 11 saturated heterocycles. The zero-order chi connectivity index (χ0) is 105. The van der Waals surface area contributed by atoms with Gasteiger partial charge in [0.05, 0.1) is 84.3 Å². The molecule has 0 aromatic carbocycles. The zero-order valence-electron chi connectivity index (χ0n) is 76.4. The van der Waals surface area contributed by atoms with Crippen molar-refractivity contribution in [3.63, 3.8) is 0 Å². The average Bonchev–Trinajstić information content (AvgIpc) is 0.749. The lowest BCUT2D eigenvalue weighted by atomic mass is 9.88. The molecule has 0 spiro atoms. The van der Waals surface area contributed by atoms with E-state index in [0.29, 0.717) is 0 Å². The number of aliphatic hydroxyl groups is 30. The van der Waals surface area contributed by atoms with Gasteiger partial charge in [-0.15, -0.1) is 0 Å². The van der Waals surface area contributed by atoms with Crippen molar-refractivity contribution < 1.29 is 287 Å². The number of aliphatic carboxylic acids is 1. The van der Waals surface area contributed by atoms with E-state index in [1.165, 1.54) is 6.92 Å². The largest absolute Gasteiger partial charge is 0.477 e. The highest BCUT2D eigenvalue weighted by atomic mass is 16.8. The van der Waals surface area contributed by atoms with Gasteiger partial charge in [-0.3, -0.25) is 24.0 Å². The Hall–Kier alpha value is -5.22. The van der Waals surface area contributed by atoms with Gasteiger partial charge in [-0.25, -0.2) is 4.79 Å². The second kappa shape index (κ2) is 50.6. The lowest BCUT2D eigenvalue weighted by molar-refractivity contribution is -0.396. The van der Waals surface area contributed by atoms with Crippen molar-refractivity contribution in [2.75, 3.05) is 66.1 Å². The van der Waals surface area contributed by atoms with E-state index >= 15 is 0 Å². The SMILES string of the molecule is CC(=O)N[C@@H]1[C@@H](O[C@@H]2O[C@@H](C)[C@@H](O)[C@@H](O)[C@@H]2O)[C@H](O[C@@H]2O[C@H](CO)[C@@H](O[C@@H]3O[C@H](CO[C@H]4O[C@H](CO)[C@@H](O[C@@H]5O[C@H](CO)[C@@H](O[C@@H]6O[C@H](CO)[C@H](O)[C@H](O)[C@H]6O)[C@H](O)[C@H]5NC(C)=O)[C@H](O)[C@@H]4O)[C@@H](O)[C@H](O[C@H]4O[C@H](CO)[C@@H](O[C@@H]5O[C@H](CO)[C@@H](O[C@@H]6O[C@H](CO)[C@H](O)[C@H](O[C@]7(C(=O)O)C[C@H](O)[C@@H](NC(C)=O)[C@H]([C@H](O)[C@H](O)CO)O7)[C@H]6O)[C@H](O)[C@H]5NC(C)=O)[C@H](O)[C@@H]4O)[C@@H]3O)[C@H](O)[C@H]2NC(C)=O)[C@@H](CO)O[C@H]1O. The van der Waals surface area contributed by atoms with Crippen molar-refractivity contribution in [3.05, 3.63) is 0 Å². The van der Waals surface area contributed by atoms with E-state index in [1.54, 1.807) is 0 Å². The molecule has 0 saturated carbocycles. The minimum atomic E-state index is -3.31. The first-order valence-electron chi connectivity index (χ1n) is 45.1. The third-order valence-corrected chi connectivity index (χ3v) is 25.9. The number of ether oxygens (including phenoxy) is 21. The van der Waals surface area contributed by atoms with Crippen molar-refractivity contribution in [1.82, 2.24) is 26.6 Å². The van der Waals surface area contributed by atoms with Crippen LogP contribution in [0.3, 0.4) is 0 Å². The summed E-state index contributed by atoms with van der Waals surface area (Å²) < 4.78 is 124. The first-order valence-corrected chi connectivity index (χ1v) is 45.1. The summed E-state index contributed by atoms with van der Waals surface area (Å²) in [5, 5.41) is 360. The number of carbonyl (C=O) groups excluding carboxylic acids is 5. The van der Waals surface area contributed by atoms with Crippen LogP contribution in [0.25, 0.3) is 0 Å². The second-order valence-corrected chi connectivity index (χ2v) is 35.9. The van der Waals surface area contributed by atoms with E-state index in [-0.39, 0.29) is 0 Å². The van der Waals surface area contributed by atoms with Gasteiger partial charge >= 0.3 is 5.97 Å². The van der Waals surface area contributed by atoms with Gasteiger partial charge in [-0.2, -0.15) is 0 Å². The standard InChI is InChI=1S/C79H131N5O58/c1-18-40(101)48(109)52(113)73(123-18)139-65-39(84-23(6)98)68(119)124-33(16-93)63(65)138-71-38(83-22(5)97)47(108)59(30(13-90)129-71)136-76-56(117)66(44(105)34(132-76)17-122-72-54(115)50(111)61(31(14-91)130-72)133-69-36(81-20(3)95)45(106)58(28(11-88)127-69)135-74-53(114)49(110)42(103)26(9-86)125-74)140-75-55(116)51(112)62(32(15-92)131-75)134-70-37(82-21(4)96)46(107)60(29(12-89)128-70)137-77-57(118)67(43(104)27(10-87)126-77)142-79(78(120)121)7-24(99)35(80-19(2)94)64(141-79)41(102)25(100)8-85/h18,24-77,85-93,99-119H,7-17H2,1-6H3,(H,80,94)(H,81,95)(H,82,96)(H,83,97)(H,84,98)(H,120,121)/t18-,24-,25+,26+,27+,28+,29+,30+,31+,32+,33+,34+,35+,36+,37+,38+,39+,40+,41+,42-,43-,44+,45+,46+,47+,48+,49-,50+,51+,52-,53+,54-,55-,56-,57+,58+,59+,60+,61+,62+,63+,64+,65+,66-,67-,68+,69-,70-,71-,72-,73-,74-,75+,76-,77-,79-/m0/s1. The Kier molecular flexibility index (Phi) is 41.7. The normalized spacial score (nSPS) is 48.0. The predicted octanol–water partition coefficient (Wildman–Crippen LogP) is -24.0. The molecule has 0 aromatic heterocycles. The molecule has 11 fully saturated rings. The highest BCUT2D eigenvalue weighted by Gasteiger charge is 2.65. The van der Waals surface area contributed by atoms with Gasteiger partial charge in [-0.1, -0.05) is 0 Å². The van der Waals surface area contributed by atoms with Crippen molar-refractivity contribution in [3.8, 4) is 0 Å². The number of carboxylic acids is 1. The van der Waals surface area contributed by atoms with E-state index < -0.39 is 451 Å². The Morgan fingerprint density at radius 2 is 0.606 bits per heavy atom. The molecule has 0 radical (unpaired) electrons. The minimum absolute atomic E-state index is 0.876. The van der Waals surface area contributed by atoms with Crippen LogP contribution >= 0.6 is 0 Å². The molecule has 11 aliphatic heterocycles. The molecule has 5 amide bonds. The first kappa shape index (κ1) is 117. The van der Waals surface area contributed by atoms with Crippen LogP contribution in [-0.2, 0) is 128 Å². The molecule has 11 aliphatic rings. The van der Waals surface area contributed by atoms with Crippen LogP contribution in [0.1, 0.15) is 48.0 Å². The number of aliphatic hydroxyl groups excluding tert-OH is 30. The van der Waals surface area contributed by atoms with Crippen molar-refractivity contribution in [2.24, 2.45) is 0 Å². The lowest BCUT2D eigenvalue weighted by Gasteiger charge is -2.51. The molecule has 820 valence electrons. The molecule has 142 heavy (non-hydrogen) atoms. The number of hydrogen-bond acceptors (Lipinski definition) is 57. The van der Waals surface area contributed by atoms with E-state index in [0.717, 1.165) is 34.6 Å². The number of carbonyl (C=O) groups is 6. The van der Waals surface area contributed by atoms with Crippen LogP contribution in [0.5, 0.6) is 0 Å². The summed E-state index contributed by atoms with van der Waals surface area (Å²) in [7, 11) is 0. The number of rotatable bonds is 38. The van der Waals surface area contributed by atoms with Crippen LogP contribution in [0.4, 0.5) is 0 Å². The molecule has 0 aromatic rings. The third kappa shape index (κ3) is 25.6. The average molecular weight is 2080 g/mol. The molecule has 0 bridgehead atoms. The van der Waals surface area contributed by atoms with Gasteiger partial charge in [0.2, 0.25) is 29.5 Å². The summed E-state index contributed by atoms with van der Waals surface area (Å²) in [6.45, 7) is -5.98. The summed E-state index contributed by atoms with van der Waals surface area (Å²) in [5.74, 6) is -10.2. The Bertz CT molecular complexity index is 4010. The van der Waals surface area contributed by atoms with E-state index in [2.05, 4.69) is 26.6 Å². The highest BCUT2D eigenvalue weighted by molar-refractivity contribution is 5.77. The molecule has 0 aliphatic carbocycles. The Morgan fingerprint density at radius 1 is 0.303 bits per heavy atom. The van der Waals surface area contributed by atoms with Crippen LogP contribution < -0.4 is 26.6 Å². The Morgan fingerprint density at radius 3 is 1.02 bits per heavy atom. The summed E-state index contributed by atoms with van der Waals surface area (Å²) in [6, 6.07) is -9.49. The minimum Gasteiger partial charge on any atom is -0.477 e. The molecule has 56 atom stereocenters. The van der Waals surface area contributed by atoms with Gasteiger partial charge < -0.3 is 284 Å². The number of hydrogen-bond donors (Lipinski definition) is 36. The van der Waals surface area contributed by atoms with Gasteiger partial charge in [0, 0.05) is 41.0 Å². The summed E-state index contributed by atoms with van der Waals surface area (Å²) in [6.07, 6.45) is -108. The molecule has 11 rings (SSSR count). The van der Waals surface area contributed by atoms with Crippen LogP contribution in [-0.4, -0.2) is 603 Å². The fourth-order valence-electron chi connectivity index (χ4n) is 18.5. The van der Waals surface area contributed by atoms with Gasteiger partial charge in [-0.05, 0) is 6.92 Å². The van der Waals surface area contributed by atoms with Gasteiger partial charge in [0.1, 0.15) is 256 Å². The van der Waals surface area contributed by atoms with Crippen LogP contribution in [0.15, 0.2) is 0 Å². The molecular formula is C79H131N5O58. The summed E-state index contributed by atoms with van der Waals surface area (Å²) in [4.78, 5) is 77.5. The Balaban J connectivity index is 0.856. The van der Waals surface area contributed by atoms with E-state index in [4.69, 9.17) is 99.5 Å². The molecule has 36 N–H and O–H groups in total. The molecular weight excluding hydrogens is 1950 g/mol. The maximum Gasteiger partial charge on any atom is 0.364 e. The highest BCUT2D eigenvalue weighted by Crippen LogP contribution is 2.44. The summed E-state index contributed by atoms with van der Waals surface area (Å²) >= 11 is 0. The fraction of sp³-hybridized carbons (Fsp3) is 0.924. The molecule has 63 heteroatoms. The second-order valence-electron chi connectivity index (χ2n) is 35.9. The predicted molar refractivity (Wildman–Crippen MR) is 436 cm³/mol. The Labute approximate surface area is 803 Å². The molecule has 63 nitrogen and oxygen atoms in total. The van der Waals surface area contributed by atoms with E-state index in [9.17, 15) is 187 Å². The third-order valence-electron chi connectivity index (χ3n) is 25.9. The monoisotopic (exact) mass is 2080 g/mol. The van der Waals surface area contributed by atoms with Gasteiger partial charge in [0.25, 0.3) is 5.79 Å². The fourth-order valence-corrected chi connectivity index (χ4v) is 18.5. The van der Waals surface area contributed by atoms with Crippen molar-refractivity contribution in [1.29, 1.82) is 0 Å². The molecule has 11 heterocycles. The molecule has 0 unspecified atom stereocenters. The smallest absolute Gasteiger partial charge is 0.364 e. The van der Waals surface area contributed by atoms with Gasteiger partial charge in [0.15, 0.2) is 62.9 Å². The number of nitrogens with one attached hydrogen (secondary N) is 5. The number of carboxylic acid groups (broad SMARTS) is 1. The topological polar surface area (TPSA) is 984 Å². The zero-order valence-corrected chi connectivity index (χ0v) is 76.4. The van der Waals surface area contributed by atoms with Crippen molar-refractivity contribution in [2.45, 2.75) is 391 Å². The van der Waals surface area contributed by atoms with Crippen LogP contribution in [0, 0.1) is 0 Å². The quantitative estimate of drug-likeness (QED) is 0.0273. The first-order chi connectivity index (χ1) is 67.0. The summed E-state index contributed by atoms with van der Waals surface area (Å²) in [5.41, 5.74) is 0. The maximum atomic E-state index is 13.3. The van der Waals surface area contributed by atoms with Crippen molar-refractivity contribution >= 4 is 35.5 Å².